The van der Waals surface area contributed by atoms with E-state index in [1.165, 1.54) is 23.5 Å². The van der Waals surface area contributed by atoms with Gasteiger partial charge in [0.15, 0.2) is 0 Å². The van der Waals surface area contributed by atoms with Crippen LogP contribution in [0.4, 0.5) is 15.8 Å². The maximum Gasteiger partial charge on any atom is 0.255 e. The molecule has 2 heterocycles. The van der Waals surface area contributed by atoms with Crippen LogP contribution >= 0.6 is 0 Å². The Morgan fingerprint density at radius 1 is 0.972 bits per heavy atom. The third-order valence-corrected chi connectivity index (χ3v) is 7.53. The molecule has 0 radical (unpaired) electrons. The van der Waals surface area contributed by atoms with E-state index in [9.17, 15) is 14.0 Å². The number of fused-ring (bicyclic) bond motifs is 2. The molecule has 1 aromatic heterocycles. The van der Waals surface area contributed by atoms with Crippen LogP contribution in [0.5, 0.6) is 0 Å². The van der Waals surface area contributed by atoms with Crippen LogP contribution in [-0.4, -0.2) is 22.8 Å². The van der Waals surface area contributed by atoms with Crippen LogP contribution in [-0.2, 0) is 16.0 Å². The number of hydrogen-bond acceptors (Lipinski definition) is 2. The lowest BCUT2D eigenvalue weighted by Crippen LogP contribution is -2.45. The Morgan fingerprint density at radius 2 is 1.75 bits per heavy atom. The summed E-state index contributed by atoms with van der Waals surface area (Å²) in [6, 6.07) is 20.8. The highest BCUT2D eigenvalue weighted by molar-refractivity contribution is 6.12. The van der Waals surface area contributed by atoms with Crippen molar-refractivity contribution in [3.05, 3.63) is 95.9 Å². The number of H-pyrrole nitrogens is 1. The maximum atomic E-state index is 14.4. The summed E-state index contributed by atoms with van der Waals surface area (Å²) in [5, 5.41) is 0.965. The van der Waals surface area contributed by atoms with Gasteiger partial charge in [-0.05, 0) is 48.7 Å². The highest BCUT2D eigenvalue weighted by Gasteiger charge is 2.45. The fraction of sp³-hybridized carbons (Fsp3) is 0.267. The number of nitrogens with one attached hydrogen (secondary N) is 1. The minimum Gasteiger partial charge on any atom is -0.361 e. The van der Waals surface area contributed by atoms with Crippen molar-refractivity contribution in [2.45, 2.75) is 50.6 Å². The largest absolute Gasteiger partial charge is 0.361 e. The summed E-state index contributed by atoms with van der Waals surface area (Å²) in [6.07, 6.45) is 7.21. The van der Waals surface area contributed by atoms with Gasteiger partial charge in [0, 0.05) is 40.1 Å². The van der Waals surface area contributed by atoms with Gasteiger partial charge in [0.2, 0.25) is 5.91 Å². The maximum absolute atomic E-state index is 14.4. The molecule has 0 bridgehead atoms. The zero-order chi connectivity index (χ0) is 24.6. The number of aromatic amines is 1. The number of nitrogens with zero attached hydrogens (tertiary/aromatic N) is 2. The molecule has 5 nitrogen and oxygen atoms in total. The van der Waals surface area contributed by atoms with Gasteiger partial charge in [-0.25, -0.2) is 4.39 Å². The van der Waals surface area contributed by atoms with Crippen molar-refractivity contribution in [2.75, 3.05) is 9.80 Å². The molecule has 2 amide bonds. The van der Waals surface area contributed by atoms with E-state index in [0.29, 0.717) is 5.69 Å². The number of amides is 2. The molecule has 4 aromatic rings. The summed E-state index contributed by atoms with van der Waals surface area (Å²) in [5.74, 6) is -0.802. The molecule has 1 atom stereocenters. The average Bonchev–Trinajstić information content (AvgIpc) is 3.43. The van der Waals surface area contributed by atoms with E-state index in [1.807, 2.05) is 59.6 Å². The molecule has 0 spiro atoms. The first-order chi connectivity index (χ1) is 17.6. The number of hydrogen-bond donors (Lipinski definition) is 1. The molecule has 2 aliphatic rings. The Balaban J connectivity index is 1.43. The molecule has 0 saturated heterocycles. The van der Waals surface area contributed by atoms with Crippen LogP contribution < -0.4 is 9.80 Å². The molecule has 1 aliphatic carbocycles. The molecule has 6 rings (SSSR count). The van der Waals surface area contributed by atoms with Gasteiger partial charge in [-0.1, -0.05) is 61.7 Å². The van der Waals surface area contributed by atoms with Gasteiger partial charge in [0.1, 0.15) is 11.9 Å². The zero-order valence-corrected chi connectivity index (χ0v) is 20.0. The highest BCUT2D eigenvalue weighted by Crippen LogP contribution is 2.44. The molecule has 3 aromatic carbocycles. The number of aromatic nitrogens is 1. The van der Waals surface area contributed by atoms with E-state index in [4.69, 9.17) is 0 Å². The Morgan fingerprint density at radius 3 is 2.58 bits per heavy atom. The van der Waals surface area contributed by atoms with E-state index in [2.05, 4.69) is 4.98 Å². The molecular weight excluding hydrogens is 453 g/mol. The van der Waals surface area contributed by atoms with Crippen LogP contribution in [0.2, 0.25) is 0 Å². The highest BCUT2D eigenvalue weighted by atomic mass is 19.1. The Labute approximate surface area is 209 Å². The molecular formula is C30H28FN3O2. The molecule has 1 aliphatic heterocycles. The normalized spacial score (nSPS) is 18.0. The molecule has 1 saturated carbocycles. The molecule has 36 heavy (non-hydrogen) atoms. The number of carbonyl (C=O) groups is 2. The Kier molecular flexibility index (Phi) is 5.80. The lowest BCUT2D eigenvalue weighted by Gasteiger charge is -2.33. The van der Waals surface area contributed by atoms with Crippen LogP contribution in [0.25, 0.3) is 10.9 Å². The summed E-state index contributed by atoms with van der Waals surface area (Å²) >= 11 is 0. The minimum atomic E-state index is -0.831. The van der Waals surface area contributed by atoms with E-state index < -0.39 is 11.9 Å². The van der Waals surface area contributed by atoms with Gasteiger partial charge in [-0.3, -0.25) is 14.5 Å². The fourth-order valence-electron chi connectivity index (χ4n) is 5.88. The predicted octanol–water partition coefficient (Wildman–Crippen LogP) is 6.30. The third-order valence-electron chi connectivity index (χ3n) is 7.53. The van der Waals surface area contributed by atoms with Crippen LogP contribution in [0.3, 0.4) is 0 Å². The molecule has 1 fully saturated rings. The summed E-state index contributed by atoms with van der Waals surface area (Å²) in [5.41, 5.74) is 3.84. The number of rotatable bonds is 5. The van der Waals surface area contributed by atoms with Gasteiger partial charge in [0.05, 0.1) is 6.42 Å². The van der Waals surface area contributed by atoms with Crippen molar-refractivity contribution in [3.63, 3.8) is 0 Å². The Hall–Kier alpha value is -3.93. The molecule has 182 valence electrons. The van der Waals surface area contributed by atoms with Crippen molar-refractivity contribution in [2.24, 2.45) is 0 Å². The molecule has 1 N–H and O–H groups in total. The monoisotopic (exact) mass is 481 g/mol. The van der Waals surface area contributed by atoms with Gasteiger partial charge in [-0.2, -0.15) is 0 Å². The van der Waals surface area contributed by atoms with Gasteiger partial charge in [0.25, 0.3) is 5.91 Å². The number of anilines is 2. The van der Waals surface area contributed by atoms with Crippen LogP contribution in [0, 0.1) is 5.82 Å². The number of carbonyl (C=O) groups excluding carboxylic acids is 2. The predicted molar refractivity (Wildman–Crippen MR) is 139 cm³/mol. The van der Waals surface area contributed by atoms with Crippen LogP contribution in [0.15, 0.2) is 79.0 Å². The topological polar surface area (TPSA) is 56.4 Å². The quantitative estimate of drug-likeness (QED) is 0.364. The molecule has 1 unspecified atom stereocenters. The van der Waals surface area contributed by atoms with Crippen molar-refractivity contribution in [3.8, 4) is 0 Å². The van der Waals surface area contributed by atoms with Gasteiger partial charge < -0.3 is 9.88 Å². The number of halogens is 1. The number of para-hydroxylation sites is 2. The minimum absolute atomic E-state index is 0.0932. The fourth-order valence-corrected chi connectivity index (χ4v) is 5.88. The van der Waals surface area contributed by atoms with Crippen molar-refractivity contribution < 1.29 is 14.0 Å². The van der Waals surface area contributed by atoms with Crippen molar-refractivity contribution in [1.29, 1.82) is 0 Å². The average molecular weight is 482 g/mol. The van der Waals surface area contributed by atoms with E-state index in [0.717, 1.165) is 53.4 Å². The first-order valence-electron chi connectivity index (χ1n) is 12.7. The number of benzene rings is 3. The first-order valence-corrected chi connectivity index (χ1v) is 12.7. The summed E-state index contributed by atoms with van der Waals surface area (Å²) in [7, 11) is 0. The summed E-state index contributed by atoms with van der Waals surface area (Å²) in [6.45, 7) is 0. The standard InChI is InChI=1S/C30H28FN3O2/c31-21-9-8-12-23(18-21)34(28(35)17-20-19-32-26-15-6-4-13-24(20)26)29-25-14-5-7-16-27(25)33(30(29)36)22-10-2-1-3-11-22/h4-9,12-16,18-19,22,29,32H,1-3,10-11,17H2. The van der Waals surface area contributed by atoms with Gasteiger partial charge in [-0.15, -0.1) is 0 Å². The van der Waals surface area contributed by atoms with Crippen molar-refractivity contribution >= 4 is 34.1 Å². The zero-order valence-electron chi connectivity index (χ0n) is 20.0. The lowest BCUT2D eigenvalue weighted by atomic mass is 9.94. The second-order valence-corrected chi connectivity index (χ2v) is 9.74. The first kappa shape index (κ1) is 22.5. The third kappa shape index (κ3) is 3.87. The Bertz CT molecular complexity index is 1440. The SMILES string of the molecule is O=C1C(N(C(=O)Cc2c[nH]c3ccccc23)c2cccc(F)c2)c2ccccc2N1C1CCCCC1. The smallest absolute Gasteiger partial charge is 0.255 e. The van der Waals surface area contributed by atoms with E-state index in [-0.39, 0.29) is 24.3 Å². The van der Waals surface area contributed by atoms with E-state index >= 15 is 0 Å². The molecule has 6 heteroatoms. The summed E-state index contributed by atoms with van der Waals surface area (Å²) in [4.78, 5) is 34.8. The van der Waals surface area contributed by atoms with E-state index in [1.54, 1.807) is 12.1 Å². The van der Waals surface area contributed by atoms with Crippen LogP contribution in [0.1, 0.15) is 49.3 Å². The van der Waals surface area contributed by atoms with Gasteiger partial charge >= 0.3 is 0 Å². The lowest BCUT2D eigenvalue weighted by molar-refractivity contribution is -0.124. The second kappa shape index (κ2) is 9.26. The summed E-state index contributed by atoms with van der Waals surface area (Å²) < 4.78 is 14.4. The second-order valence-electron chi connectivity index (χ2n) is 9.74. The van der Waals surface area contributed by atoms with Crippen molar-refractivity contribution in [1.82, 2.24) is 4.98 Å².